The summed E-state index contributed by atoms with van der Waals surface area (Å²) in [6, 6.07) is 0. The first-order chi connectivity index (χ1) is 7.06. The molecular formula is C11H13NO3. The second kappa shape index (κ2) is 4.68. The zero-order valence-electron chi connectivity index (χ0n) is 8.66. The van der Waals surface area contributed by atoms with Crippen molar-refractivity contribution < 1.29 is 14.4 Å². The predicted octanol–water partition coefficient (Wildman–Crippen LogP) is 0.837. The molecule has 0 unspecified atom stereocenters. The Balaban J connectivity index is 2.41. The van der Waals surface area contributed by atoms with Crippen LogP contribution in [0.5, 0.6) is 0 Å². The van der Waals surface area contributed by atoms with Crippen molar-refractivity contribution in [3.8, 4) is 0 Å². The summed E-state index contributed by atoms with van der Waals surface area (Å²) in [5.41, 5.74) is 0.454. The SMILES string of the molecule is C=CC(=O)CCCN1C(=O)C=C(C)C1=O. The molecule has 0 saturated heterocycles. The number of hydrogen-bond donors (Lipinski definition) is 0. The highest BCUT2D eigenvalue weighted by atomic mass is 16.2. The zero-order valence-corrected chi connectivity index (χ0v) is 8.66. The molecule has 0 aromatic carbocycles. The lowest BCUT2D eigenvalue weighted by molar-refractivity contribution is -0.137. The highest BCUT2D eigenvalue weighted by molar-refractivity contribution is 6.15. The highest BCUT2D eigenvalue weighted by Crippen LogP contribution is 2.12. The molecule has 80 valence electrons. The van der Waals surface area contributed by atoms with Crippen molar-refractivity contribution >= 4 is 17.6 Å². The molecule has 15 heavy (non-hydrogen) atoms. The van der Waals surface area contributed by atoms with Crippen molar-refractivity contribution in [1.29, 1.82) is 0 Å². The van der Waals surface area contributed by atoms with Gasteiger partial charge >= 0.3 is 0 Å². The van der Waals surface area contributed by atoms with E-state index in [4.69, 9.17) is 0 Å². The summed E-state index contributed by atoms with van der Waals surface area (Å²) >= 11 is 0. The Kier molecular flexibility index (Phi) is 3.55. The van der Waals surface area contributed by atoms with Crippen LogP contribution in [0, 0.1) is 0 Å². The van der Waals surface area contributed by atoms with E-state index in [-0.39, 0.29) is 17.6 Å². The maximum atomic E-state index is 11.4. The molecule has 1 rings (SSSR count). The fourth-order valence-corrected chi connectivity index (χ4v) is 1.36. The Morgan fingerprint density at radius 1 is 1.53 bits per heavy atom. The van der Waals surface area contributed by atoms with Gasteiger partial charge in [-0.1, -0.05) is 6.58 Å². The van der Waals surface area contributed by atoms with Crippen LogP contribution in [0.3, 0.4) is 0 Å². The summed E-state index contributed by atoms with van der Waals surface area (Å²) in [6.07, 6.45) is 3.37. The number of allylic oxidation sites excluding steroid dienone is 1. The number of imide groups is 1. The van der Waals surface area contributed by atoms with E-state index in [9.17, 15) is 14.4 Å². The van der Waals surface area contributed by atoms with Crippen LogP contribution in [0.15, 0.2) is 24.3 Å². The highest BCUT2D eigenvalue weighted by Gasteiger charge is 2.27. The fraction of sp³-hybridized carbons (Fsp3) is 0.364. The number of ketones is 1. The van der Waals surface area contributed by atoms with E-state index in [2.05, 4.69) is 6.58 Å². The summed E-state index contributed by atoms with van der Waals surface area (Å²) in [4.78, 5) is 34.7. The van der Waals surface area contributed by atoms with Crippen LogP contribution in [-0.4, -0.2) is 29.0 Å². The van der Waals surface area contributed by atoms with Crippen molar-refractivity contribution in [2.45, 2.75) is 19.8 Å². The topological polar surface area (TPSA) is 54.5 Å². The average Bonchev–Trinajstić information content (AvgIpc) is 2.44. The lowest BCUT2D eigenvalue weighted by Crippen LogP contribution is -2.31. The quantitative estimate of drug-likeness (QED) is 0.495. The molecule has 1 aliphatic heterocycles. The molecule has 4 heteroatoms. The second-order valence-electron chi connectivity index (χ2n) is 3.40. The fourth-order valence-electron chi connectivity index (χ4n) is 1.36. The van der Waals surface area contributed by atoms with Gasteiger partial charge in [0.15, 0.2) is 5.78 Å². The van der Waals surface area contributed by atoms with Gasteiger partial charge in [0, 0.05) is 24.6 Å². The predicted molar refractivity (Wildman–Crippen MR) is 54.9 cm³/mol. The maximum Gasteiger partial charge on any atom is 0.256 e. The second-order valence-corrected chi connectivity index (χ2v) is 3.40. The van der Waals surface area contributed by atoms with Crippen LogP contribution in [-0.2, 0) is 14.4 Å². The summed E-state index contributed by atoms with van der Waals surface area (Å²) in [5.74, 6) is -0.617. The van der Waals surface area contributed by atoms with Crippen LogP contribution in [0.1, 0.15) is 19.8 Å². The number of amides is 2. The molecule has 0 spiro atoms. The molecule has 0 aromatic heterocycles. The van der Waals surface area contributed by atoms with E-state index in [0.717, 1.165) is 4.90 Å². The average molecular weight is 207 g/mol. The minimum atomic E-state index is -0.288. The maximum absolute atomic E-state index is 11.4. The first-order valence-electron chi connectivity index (χ1n) is 4.75. The number of carbonyl (C=O) groups is 3. The van der Waals surface area contributed by atoms with E-state index in [0.29, 0.717) is 25.0 Å². The van der Waals surface area contributed by atoms with Crippen molar-refractivity contribution in [2.24, 2.45) is 0 Å². The third-order valence-electron chi connectivity index (χ3n) is 2.22. The first-order valence-corrected chi connectivity index (χ1v) is 4.75. The van der Waals surface area contributed by atoms with E-state index in [1.807, 2.05) is 0 Å². The molecule has 0 atom stereocenters. The Bertz CT molecular complexity index is 355. The van der Waals surface area contributed by atoms with Crippen LogP contribution >= 0.6 is 0 Å². The van der Waals surface area contributed by atoms with E-state index < -0.39 is 0 Å². The monoisotopic (exact) mass is 207 g/mol. The summed E-state index contributed by atoms with van der Waals surface area (Å²) in [7, 11) is 0. The van der Waals surface area contributed by atoms with Crippen molar-refractivity contribution in [3.63, 3.8) is 0 Å². The van der Waals surface area contributed by atoms with Crippen LogP contribution in [0.2, 0.25) is 0 Å². The standard InChI is InChI=1S/C11H13NO3/c1-3-9(13)5-4-6-12-10(14)7-8(2)11(12)15/h3,7H,1,4-6H2,2H3. The molecule has 0 aromatic rings. The van der Waals surface area contributed by atoms with Gasteiger partial charge in [-0.25, -0.2) is 0 Å². The van der Waals surface area contributed by atoms with Gasteiger partial charge in [-0.15, -0.1) is 0 Å². The van der Waals surface area contributed by atoms with Crippen LogP contribution in [0.25, 0.3) is 0 Å². The summed E-state index contributed by atoms with van der Waals surface area (Å²) < 4.78 is 0. The van der Waals surface area contributed by atoms with Crippen LogP contribution < -0.4 is 0 Å². The molecule has 0 N–H and O–H groups in total. The van der Waals surface area contributed by atoms with Gasteiger partial charge in [0.2, 0.25) is 0 Å². The molecule has 0 saturated carbocycles. The van der Waals surface area contributed by atoms with E-state index in [1.165, 1.54) is 12.2 Å². The van der Waals surface area contributed by atoms with Gasteiger partial charge in [-0.2, -0.15) is 0 Å². The molecule has 0 bridgehead atoms. The molecular weight excluding hydrogens is 194 g/mol. The molecule has 0 radical (unpaired) electrons. The summed E-state index contributed by atoms with van der Waals surface area (Å²) in [6.45, 7) is 5.25. The smallest absolute Gasteiger partial charge is 0.256 e. The number of nitrogens with zero attached hydrogens (tertiary/aromatic N) is 1. The van der Waals surface area contributed by atoms with Gasteiger partial charge in [0.1, 0.15) is 0 Å². The third kappa shape index (κ3) is 2.62. The Hall–Kier alpha value is -1.71. The molecule has 4 nitrogen and oxygen atoms in total. The largest absolute Gasteiger partial charge is 0.295 e. The van der Waals surface area contributed by atoms with E-state index in [1.54, 1.807) is 6.92 Å². The zero-order chi connectivity index (χ0) is 11.4. The van der Waals surface area contributed by atoms with Crippen LogP contribution in [0.4, 0.5) is 0 Å². The molecule has 0 fully saturated rings. The normalized spacial score (nSPS) is 15.5. The third-order valence-corrected chi connectivity index (χ3v) is 2.22. The number of hydrogen-bond acceptors (Lipinski definition) is 3. The van der Waals surface area contributed by atoms with E-state index >= 15 is 0 Å². The van der Waals surface area contributed by atoms with Gasteiger partial charge in [0.05, 0.1) is 0 Å². The molecule has 2 amide bonds. The Labute approximate surface area is 88.2 Å². The Morgan fingerprint density at radius 3 is 2.67 bits per heavy atom. The molecule has 0 aliphatic carbocycles. The molecule has 1 aliphatic rings. The minimum Gasteiger partial charge on any atom is -0.295 e. The van der Waals surface area contributed by atoms with Gasteiger partial charge in [-0.05, 0) is 19.4 Å². The summed E-state index contributed by atoms with van der Waals surface area (Å²) in [5, 5.41) is 0. The van der Waals surface area contributed by atoms with Gasteiger partial charge in [-0.3, -0.25) is 19.3 Å². The molecule has 1 heterocycles. The minimum absolute atomic E-state index is 0.0706. The first kappa shape index (κ1) is 11.4. The van der Waals surface area contributed by atoms with Crippen molar-refractivity contribution in [1.82, 2.24) is 4.90 Å². The lowest BCUT2D eigenvalue weighted by atomic mass is 10.2. The van der Waals surface area contributed by atoms with Crippen molar-refractivity contribution in [2.75, 3.05) is 6.54 Å². The van der Waals surface area contributed by atoms with Gasteiger partial charge < -0.3 is 0 Å². The van der Waals surface area contributed by atoms with Crippen molar-refractivity contribution in [3.05, 3.63) is 24.3 Å². The lowest BCUT2D eigenvalue weighted by Gasteiger charge is -2.13. The Morgan fingerprint density at radius 2 is 2.20 bits per heavy atom. The van der Waals surface area contributed by atoms with Gasteiger partial charge in [0.25, 0.3) is 11.8 Å². The number of carbonyl (C=O) groups excluding carboxylic acids is 3. The number of rotatable bonds is 5.